The van der Waals surface area contributed by atoms with Crippen molar-refractivity contribution in [2.75, 3.05) is 20.8 Å². The van der Waals surface area contributed by atoms with E-state index in [4.69, 9.17) is 21.1 Å². The maximum absolute atomic E-state index is 11.5. The second-order valence-electron chi connectivity index (χ2n) is 4.62. The van der Waals surface area contributed by atoms with Crippen LogP contribution in [0.4, 0.5) is 0 Å². The van der Waals surface area contributed by atoms with Crippen molar-refractivity contribution in [3.05, 3.63) is 22.7 Å². The predicted octanol–water partition coefficient (Wildman–Crippen LogP) is 2.43. The van der Waals surface area contributed by atoms with Crippen molar-refractivity contribution in [1.82, 2.24) is 5.32 Å². The molecule has 2 rings (SSSR count). The molecule has 0 aromatic heterocycles. The van der Waals surface area contributed by atoms with Gasteiger partial charge in [0.05, 0.1) is 19.2 Å². The first-order valence-electron chi connectivity index (χ1n) is 6.33. The van der Waals surface area contributed by atoms with E-state index in [9.17, 15) is 4.79 Å². The van der Waals surface area contributed by atoms with Gasteiger partial charge in [0.2, 0.25) is 5.91 Å². The number of methoxy groups -OCH3 is 2. The number of rotatable bonds is 6. The third-order valence-electron chi connectivity index (χ3n) is 3.19. The number of amides is 1. The van der Waals surface area contributed by atoms with Gasteiger partial charge in [-0.2, -0.15) is 0 Å². The Labute approximate surface area is 118 Å². The quantitative estimate of drug-likeness (QED) is 0.872. The van der Waals surface area contributed by atoms with Gasteiger partial charge in [0.25, 0.3) is 0 Å². The topological polar surface area (TPSA) is 47.6 Å². The van der Waals surface area contributed by atoms with Crippen LogP contribution in [0.2, 0.25) is 5.02 Å². The number of hydrogen-bond acceptors (Lipinski definition) is 3. The first kappa shape index (κ1) is 14.0. The van der Waals surface area contributed by atoms with Crippen molar-refractivity contribution < 1.29 is 14.3 Å². The minimum absolute atomic E-state index is 0.144. The Morgan fingerprint density at radius 2 is 2.11 bits per heavy atom. The Balaban J connectivity index is 1.99. The molecule has 0 aliphatic heterocycles. The van der Waals surface area contributed by atoms with Crippen LogP contribution in [0, 0.1) is 5.92 Å². The fourth-order valence-corrected chi connectivity index (χ4v) is 2.17. The third kappa shape index (κ3) is 3.53. The van der Waals surface area contributed by atoms with Gasteiger partial charge in [-0.1, -0.05) is 11.6 Å². The van der Waals surface area contributed by atoms with Crippen LogP contribution in [0.5, 0.6) is 11.5 Å². The summed E-state index contributed by atoms with van der Waals surface area (Å²) in [5, 5.41) is 3.49. The molecule has 1 aliphatic carbocycles. The molecule has 0 atom stereocenters. The Kier molecular flexibility index (Phi) is 4.53. The van der Waals surface area contributed by atoms with Crippen LogP contribution in [0.15, 0.2) is 12.1 Å². The molecular weight excluding hydrogens is 266 g/mol. The standard InChI is InChI=1S/C14H18ClNO3/c1-18-11-7-10(13(15)12(8-11)19-2)5-6-16-14(17)9-3-4-9/h7-9H,3-6H2,1-2H3,(H,16,17). The highest BCUT2D eigenvalue weighted by Gasteiger charge is 2.29. The zero-order valence-corrected chi connectivity index (χ0v) is 11.9. The molecule has 1 N–H and O–H groups in total. The minimum atomic E-state index is 0.144. The van der Waals surface area contributed by atoms with Crippen LogP contribution in [-0.2, 0) is 11.2 Å². The van der Waals surface area contributed by atoms with Crippen LogP contribution in [0.1, 0.15) is 18.4 Å². The van der Waals surface area contributed by atoms with E-state index in [0.29, 0.717) is 29.5 Å². The predicted molar refractivity (Wildman–Crippen MR) is 74.0 cm³/mol. The van der Waals surface area contributed by atoms with Crippen molar-refractivity contribution in [3.63, 3.8) is 0 Å². The smallest absolute Gasteiger partial charge is 0.223 e. The lowest BCUT2D eigenvalue weighted by atomic mass is 10.1. The third-order valence-corrected chi connectivity index (χ3v) is 3.61. The monoisotopic (exact) mass is 283 g/mol. The maximum atomic E-state index is 11.5. The molecule has 5 heteroatoms. The average molecular weight is 284 g/mol. The van der Waals surface area contributed by atoms with Crippen LogP contribution >= 0.6 is 11.6 Å². The van der Waals surface area contributed by atoms with E-state index in [1.54, 1.807) is 20.3 Å². The molecule has 1 aromatic rings. The second-order valence-corrected chi connectivity index (χ2v) is 5.00. The number of carbonyl (C=O) groups is 1. The van der Waals surface area contributed by atoms with E-state index < -0.39 is 0 Å². The molecule has 19 heavy (non-hydrogen) atoms. The van der Waals surface area contributed by atoms with Gasteiger partial charge in [-0.3, -0.25) is 4.79 Å². The zero-order valence-electron chi connectivity index (χ0n) is 11.2. The average Bonchev–Trinajstić information content (AvgIpc) is 3.25. The van der Waals surface area contributed by atoms with Gasteiger partial charge >= 0.3 is 0 Å². The van der Waals surface area contributed by atoms with Crippen molar-refractivity contribution in [3.8, 4) is 11.5 Å². The lowest BCUT2D eigenvalue weighted by Crippen LogP contribution is -2.27. The minimum Gasteiger partial charge on any atom is -0.497 e. The van der Waals surface area contributed by atoms with Gasteiger partial charge in [0.1, 0.15) is 11.5 Å². The highest BCUT2D eigenvalue weighted by Crippen LogP contribution is 2.33. The molecule has 1 saturated carbocycles. The Bertz CT molecular complexity index is 472. The lowest BCUT2D eigenvalue weighted by molar-refractivity contribution is -0.122. The summed E-state index contributed by atoms with van der Waals surface area (Å²) in [6.45, 7) is 0.575. The number of hydrogen-bond donors (Lipinski definition) is 1. The molecule has 0 unspecified atom stereocenters. The summed E-state index contributed by atoms with van der Waals surface area (Å²) >= 11 is 6.23. The summed E-state index contributed by atoms with van der Waals surface area (Å²) in [4.78, 5) is 11.5. The molecule has 104 valence electrons. The Hall–Kier alpha value is -1.42. The van der Waals surface area contributed by atoms with Gasteiger partial charge in [0, 0.05) is 18.5 Å². The van der Waals surface area contributed by atoms with E-state index in [1.165, 1.54) is 0 Å². The maximum Gasteiger partial charge on any atom is 0.223 e. The molecule has 0 spiro atoms. The summed E-state index contributed by atoms with van der Waals surface area (Å²) in [6, 6.07) is 3.61. The van der Waals surface area contributed by atoms with E-state index in [0.717, 1.165) is 18.4 Å². The van der Waals surface area contributed by atoms with Gasteiger partial charge in [-0.25, -0.2) is 0 Å². The molecule has 1 aromatic carbocycles. The molecule has 4 nitrogen and oxygen atoms in total. The number of carbonyl (C=O) groups excluding carboxylic acids is 1. The van der Waals surface area contributed by atoms with Crippen LogP contribution < -0.4 is 14.8 Å². The van der Waals surface area contributed by atoms with Crippen molar-refractivity contribution in [1.29, 1.82) is 0 Å². The van der Waals surface area contributed by atoms with Crippen molar-refractivity contribution in [2.45, 2.75) is 19.3 Å². The summed E-state index contributed by atoms with van der Waals surface area (Å²) in [6.07, 6.45) is 2.68. The fraction of sp³-hybridized carbons (Fsp3) is 0.500. The van der Waals surface area contributed by atoms with E-state index in [1.807, 2.05) is 6.07 Å². The van der Waals surface area contributed by atoms with Crippen LogP contribution in [0.25, 0.3) is 0 Å². The number of ether oxygens (including phenoxy) is 2. The second kappa shape index (κ2) is 6.15. The largest absolute Gasteiger partial charge is 0.497 e. The van der Waals surface area contributed by atoms with Crippen molar-refractivity contribution in [2.24, 2.45) is 5.92 Å². The molecule has 0 radical (unpaired) electrons. The molecule has 0 heterocycles. The van der Waals surface area contributed by atoms with Crippen LogP contribution in [-0.4, -0.2) is 26.7 Å². The Morgan fingerprint density at radius 3 is 2.68 bits per heavy atom. The SMILES string of the molecule is COc1cc(CCNC(=O)C2CC2)c(Cl)c(OC)c1. The summed E-state index contributed by atoms with van der Waals surface area (Å²) in [5.74, 6) is 1.66. The van der Waals surface area contributed by atoms with E-state index >= 15 is 0 Å². The van der Waals surface area contributed by atoms with Gasteiger partial charge in [0.15, 0.2) is 0 Å². The normalized spacial score (nSPS) is 14.1. The highest BCUT2D eigenvalue weighted by atomic mass is 35.5. The molecule has 1 fully saturated rings. The van der Waals surface area contributed by atoms with E-state index in [2.05, 4.69) is 5.32 Å². The number of benzene rings is 1. The number of halogens is 1. The van der Waals surface area contributed by atoms with E-state index in [-0.39, 0.29) is 11.8 Å². The van der Waals surface area contributed by atoms with Crippen molar-refractivity contribution >= 4 is 17.5 Å². The molecule has 0 saturated heterocycles. The lowest BCUT2D eigenvalue weighted by Gasteiger charge is -2.12. The number of nitrogens with one attached hydrogen (secondary N) is 1. The molecular formula is C14H18ClNO3. The summed E-state index contributed by atoms with van der Waals surface area (Å²) in [5.41, 5.74) is 0.911. The van der Waals surface area contributed by atoms with Crippen LogP contribution in [0.3, 0.4) is 0 Å². The zero-order chi connectivity index (χ0) is 13.8. The molecule has 1 aliphatic rings. The molecule has 0 bridgehead atoms. The highest BCUT2D eigenvalue weighted by molar-refractivity contribution is 6.32. The summed E-state index contributed by atoms with van der Waals surface area (Å²) < 4.78 is 10.4. The Morgan fingerprint density at radius 1 is 1.37 bits per heavy atom. The fourth-order valence-electron chi connectivity index (χ4n) is 1.89. The first-order valence-corrected chi connectivity index (χ1v) is 6.71. The van der Waals surface area contributed by atoms with Gasteiger partial charge in [-0.15, -0.1) is 0 Å². The van der Waals surface area contributed by atoms with Gasteiger partial charge < -0.3 is 14.8 Å². The molecule has 1 amide bonds. The first-order chi connectivity index (χ1) is 9.15. The van der Waals surface area contributed by atoms with Gasteiger partial charge in [-0.05, 0) is 30.9 Å². The summed E-state index contributed by atoms with van der Waals surface area (Å²) in [7, 11) is 3.17.